The Kier molecular flexibility index (Phi) is 7.44. The van der Waals surface area contributed by atoms with E-state index in [1.54, 1.807) is 38.1 Å². The first-order valence-corrected chi connectivity index (χ1v) is 12.0. The van der Waals surface area contributed by atoms with Gasteiger partial charge in [0.2, 0.25) is 0 Å². The van der Waals surface area contributed by atoms with E-state index in [-0.39, 0.29) is 26.9 Å². The van der Waals surface area contributed by atoms with Crippen LogP contribution in [0.25, 0.3) is 6.08 Å². The second-order valence-electron chi connectivity index (χ2n) is 7.04. The topological polar surface area (TPSA) is 116 Å². The molecule has 0 radical (unpaired) electrons. The van der Waals surface area contributed by atoms with E-state index in [0.717, 1.165) is 4.90 Å². The van der Waals surface area contributed by atoms with Crippen LogP contribution < -0.4 is 8.92 Å². The molecule has 0 saturated carbocycles. The van der Waals surface area contributed by atoms with E-state index in [1.165, 1.54) is 37.5 Å². The average molecular weight is 492 g/mol. The molecule has 174 valence electrons. The Labute approximate surface area is 195 Å². The molecular weight excluding hydrogens is 470 g/mol. The number of hydrogen-bond acceptors (Lipinski definition) is 9. The minimum absolute atomic E-state index is 0.00689. The number of imide groups is 1. The highest BCUT2D eigenvalue weighted by Gasteiger charge is 2.37. The van der Waals surface area contributed by atoms with Gasteiger partial charge in [-0.25, -0.2) is 0 Å². The van der Waals surface area contributed by atoms with Gasteiger partial charge in [-0.2, -0.15) is 8.42 Å². The Hall–Kier alpha value is -3.31. The predicted octanol–water partition coefficient (Wildman–Crippen LogP) is 3.45. The third kappa shape index (κ3) is 5.74. The highest BCUT2D eigenvalue weighted by Crippen LogP contribution is 2.38. The Morgan fingerprint density at radius 2 is 1.79 bits per heavy atom. The van der Waals surface area contributed by atoms with Crippen LogP contribution in [0.3, 0.4) is 0 Å². The lowest BCUT2D eigenvalue weighted by atomic mass is 10.1. The van der Waals surface area contributed by atoms with Crippen LogP contribution in [0.4, 0.5) is 4.79 Å². The van der Waals surface area contributed by atoms with Crippen molar-refractivity contribution in [3.8, 4) is 11.5 Å². The van der Waals surface area contributed by atoms with E-state index in [2.05, 4.69) is 0 Å². The predicted molar refractivity (Wildman–Crippen MR) is 121 cm³/mol. The number of para-hydroxylation sites is 1. The lowest BCUT2D eigenvalue weighted by Gasteiger charge is -2.14. The number of rotatable bonds is 8. The molecule has 2 aromatic rings. The standard InChI is InChI=1S/C22H21NO8S2/c1-14(2)30-19(24)13-23-21(25)18(32-22(23)26)12-15-8-7-11-17(29-3)20(15)31-33(27,28)16-9-5-4-6-10-16/h4-12,14H,13H2,1-3H3/b18-12-. The van der Waals surface area contributed by atoms with Crippen molar-refractivity contribution in [1.82, 2.24) is 4.90 Å². The molecule has 1 aliphatic rings. The second-order valence-corrected chi connectivity index (χ2v) is 9.58. The number of methoxy groups -OCH3 is 1. The smallest absolute Gasteiger partial charge is 0.339 e. The van der Waals surface area contributed by atoms with Crippen LogP contribution in [0, 0.1) is 0 Å². The number of carbonyl (C=O) groups is 3. The summed E-state index contributed by atoms with van der Waals surface area (Å²) in [5.41, 5.74) is 0.198. The van der Waals surface area contributed by atoms with E-state index in [4.69, 9.17) is 13.7 Å². The minimum Gasteiger partial charge on any atom is -0.493 e. The van der Waals surface area contributed by atoms with Gasteiger partial charge in [0.05, 0.1) is 18.1 Å². The van der Waals surface area contributed by atoms with Crippen LogP contribution in [-0.2, 0) is 24.4 Å². The lowest BCUT2D eigenvalue weighted by Crippen LogP contribution is -2.35. The molecule has 33 heavy (non-hydrogen) atoms. The fraction of sp³-hybridized carbons (Fsp3) is 0.227. The number of ether oxygens (including phenoxy) is 2. The number of nitrogens with zero attached hydrogens (tertiary/aromatic N) is 1. The zero-order valence-corrected chi connectivity index (χ0v) is 19.6. The molecule has 9 nitrogen and oxygen atoms in total. The van der Waals surface area contributed by atoms with Gasteiger partial charge in [0.15, 0.2) is 11.5 Å². The second kappa shape index (κ2) is 10.1. The fourth-order valence-corrected chi connectivity index (χ4v) is 4.66. The zero-order valence-electron chi connectivity index (χ0n) is 18.0. The van der Waals surface area contributed by atoms with Crippen LogP contribution in [0.2, 0.25) is 0 Å². The highest BCUT2D eigenvalue weighted by molar-refractivity contribution is 8.18. The van der Waals surface area contributed by atoms with E-state index < -0.39 is 39.9 Å². The molecule has 2 amide bonds. The molecule has 1 aliphatic heterocycles. The van der Waals surface area contributed by atoms with E-state index >= 15 is 0 Å². The van der Waals surface area contributed by atoms with Crippen molar-refractivity contribution >= 4 is 45.1 Å². The molecule has 11 heteroatoms. The van der Waals surface area contributed by atoms with Crippen molar-refractivity contribution in [3.63, 3.8) is 0 Å². The maximum absolute atomic E-state index is 12.8. The molecule has 0 atom stereocenters. The van der Waals surface area contributed by atoms with Gasteiger partial charge in [0, 0.05) is 5.56 Å². The van der Waals surface area contributed by atoms with Gasteiger partial charge in [0.25, 0.3) is 11.1 Å². The third-order valence-corrected chi connectivity index (χ3v) is 6.41. The molecule has 0 aromatic heterocycles. The first kappa shape index (κ1) is 24.3. The number of benzene rings is 2. The molecule has 0 spiro atoms. The summed E-state index contributed by atoms with van der Waals surface area (Å²) in [5, 5.41) is -0.644. The van der Waals surface area contributed by atoms with Crippen molar-refractivity contribution in [2.45, 2.75) is 24.8 Å². The van der Waals surface area contributed by atoms with Crippen molar-refractivity contribution in [3.05, 3.63) is 59.0 Å². The summed E-state index contributed by atoms with van der Waals surface area (Å²) in [6, 6.07) is 12.1. The normalized spacial score (nSPS) is 15.3. The van der Waals surface area contributed by atoms with Crippen LogP contribution in [0.5, 0.6) is 11.5 Å². The van der Waals surface area contributed by atoms with Gasteiger partial charge in [-0.05, 0) is 49.9 Å². The van der Waals surface area contributed by atoms with Crippen LogP contribution >= 0.6 is 11.8 Å². The summed E-state index contributed by atoms with van der Waals surface area (Å²) >= 11 is 0.619. The summed E-state index contributed by atoms with van der Waals surface area (Å²) < 4.78 is 41.1. The highest BCUT2D eigenvalue weighted by atomic mass is 32.2. The summed E-state index contributed by atoms with van der Waals surface area (Å²) in [6.45, 7) is 2.78. The van der Waals surface area contributed by atoms with Crippen LogP contribution in [-0.4, -0.2) is 50.2 Å². The van der Waals surface area contributed by atoms with Crippen LogP contribution in [0.15, 0.2) is 58.3 Å². The van der Waals surface area contributed by atoms with Crippen molar-refractivity contribution < 1.29 is 36.5 Å². The molecular formula is C22H21NO8S2. The van der Waals surface area contributed by atoms with Gasteiger partial charge in [-0.3, -0.25) is 19.3 Å². The summed E-state index contributed by atoms with van der Waals surface area (Å²) in [7, 11) is -2.86. The summed E-state index contributed by atoms with van der Waals surface area (Å²) in [5.74, 6) is -1.45. The molecule has 0 N–H and O–H groups in total. The van der Waals surface area contributed by atoms with Gasteiger partial charge in [-0.15, -0.1) is 0 Å². The van der Waals surface area contributed by atoms with Crippen molar-refractivity contribution in [2.75, 3.05) is 13.7 Å². The zero-order chi connectivity index (χ0) is 24.2. The maximum Gasteiger partial charge on any atom is 0.339 e. The molecule has 0 unspecified atom stereocenters. The van der Waals surface area contributed by atoms with Gasteiger partial charge in [0.1, 0.15) is 11.4 Å². The summed E-state index contributed by atoms with van der Waals surface area (Å²) in [4.78, 5) is 37.6. The third-order valence-electron chi connectivity index (χ3n) is 4.27. The number of amides is 2. The molecule has 0 bridgehead atoms. The van der Waals surface area contributed by atoms with Crippen molar-refractivity contribution in [1.29, 1.82) is 0 Å². The van der Waals surface area contributed by atoms with Crippen molar-refractivity contribution in [2.24, 2.45) is 0 Å². The number of esters is 1. The van der Waals surface area contributed by atoms with Gasteiger partial charge >= 0.3 is 16.1 Å². The minimum atomic E-state index is -4.20. The first-order chi connectivity index (χ1) is 15.6. The van der Waals surface area contributed by atoms with Gasteiger partial charge < -0.3 is 13.7 Å². The van der Waals surface area contributed by atoms with Crippen LogP contribution in [0.1, 0.15) is 19.4 Å². The average Bonchev–Trinajstić information content (AvgIpc) is 3.02. The lowest BCUT2D eigenvalue weighted by molar-refractivity contribution is -0.149. The number of thioether (sulfide) groups is 1. The Bertz CT molecular complexity index is 1210. The monoisotopic (exact) mass is 491 g/mol. The number of carbonyl (C=O) groups excluding carboxylic acids is 3. The summed E-state index contributed by atoms with van der Waals surface area (Å²) in [6.07, 6.45) is 0.924. The van der Waals surface area contributed by atoms with Gasteiger partial charge in [-0.1, -0.05) is 30.3 Å². The van der Waals surface area contributed by atoms with E-state index in [0.29, 0.717) is 11.8 Å². The Morgan fingerprint density at radius 3 is 2.42 bits per heavy atom. The first-order valence-electron chi connectivity index (χ1n) is 9.73. The molecule has 1 saturated heterocycles. The number of hydrogen-bond donors (Lipinski definition) is 0. The molecule has 1 fully saturated rings. The quantitative estimate of drug-likeness (QED) is 0.311. The Balaban J connectivity index is 1.93. The van der Waals surface area contributed by atoms with E-state index in [9.17, 15) is 22.8 Å². The molecule has 0 aliphatic carbocycles. The molecule has 2 aromatic carbocycles. The SMILES string of the molecule is COc1cccc(/C=C2\SC(=O)N(CC(=O)OC(C)C)C2=O)c1OS(=O)(=O)c1ccccc1. The largest absolute Gasteiger partial charge is 0.493 e. The molecule has 1 heterocycles. The maximum atomic E-state index is 12.8. The molecule has 3 rings (SSSR count). The Morgan fingerprint density at radius 1 is 1.09 bits per heavy atom. The fourth-order valence-electron chi connectivity index (χ4n) is 2.85. The van der Waals surface area contributed by atoms with E-state index in [1.807, 2.05) is 0 Å².